The maximum atomic E-state index is 5.66. The molecule has 9 heteroatoms. The van der Waals surface area contributed by atoms with Gasteiger partial charge in [0.25, 0.3) is 0 Å². The van der Waals surface area contributed by atoms with Crippen molar-refractivity contribution in [3.05, 3.63) is 95.7 Å². The highest BCUT2D eigenvalue weighted by molar-refractivity contribution is 6.29. The van der Waals surface area contributed by atoms with Crippen LogP contribution in [0.3, 0.4) is 0 Å². The minimum atomic E-state index is -0.173. The van der Waals surface area contributed by atoms with E-state index in [0.717, 1.165) is 50.3 Å². The molecule has 170 valence electrons. The van der Waals surface area contributed by atoms with Gasteiger partial charge in [-0.15, -0.1) is 5.10 Å². The molecule has 2 N–H and O–H groups in total. The van der Waals surface area contributed by atoms with Gasteiger partial charge in [-0.3, -0.25) is 9.67 Å². The fourth-order valence-electron chi connectivity index (χ4n) is 4.53. The van der Waals surface area contributed by atoms with E-state index in [2.05, 4.69) is 57.3 Å². The lowest BCUT2D eigenvalue weighted by molar-refractivity contribution is 0.601. The fourth-order valence-corrected chi connectivity index (χ4v) is 4.53. The molecule has 2 unspecified atom stereocenters. The number of allylic oxidation sites excluding steroid dienone is 1. The van der Waals surface area contributed by atoms with E-state index in [1.165, 1.54) is 0 Å². The Kier molecular flexibility index (Phi) is 4.68. The number of aryl methyl sites for hydroxylation is 3. The average Bonchev–Trinajstić information content (AvgIpc) is 3.57. The smallest absolute Gasteiger partial charge is 0.134 e. The Labute approximate surface area is 196 Å². The molecule has 34 heavy (non-hydrogen) atoms. The molecule has 0 saturated heterocycles. The van der Waals surface area contributed by atoms with Crippen LogP contribution in [-0.4, -0.2) is 36.5 Å². The second-order valence-electron chi connectivity index (χ2n) is 8.59. The molecule has 0 fully saturated rings. The number of aromatic nitrogens is 5. The first-order valence-corrected chi connectivity index (χ1v) is 11.1. The Hall–Kier alpha value is -4.40. The third-order valence-electron chi connectivity index (χ3n) is 6.27. The number of nitrogens with one attached hydrogen (secondary N) is 2. The van der Waals surface area contributed by atoms with Gasteiger partial charge >= 0.3 is 0 Å². The first-order chi connectivity index (χ1) is 16.6. The Morgan fingerprint density at radius 1 is 1.21 bits per heavy atom. The van der Waals surface area contributed by atoms with Crippen molar-refractivity contribution in [3.63, 3.8) is 0 Å². The average molecular weight is 453 g/mol. The summed E-state index contributed by atoms with van der Waals surface area (Å²) in [4.78, 5) is 4.71. The third-order valence-corrected chi connectivity index (χ3v) is 6.27. The Balaban J connectivity index is 1.43. The van der Waals surface area contributed by atoms with E-state index in [1.54, 1.807) is 28.0 Å². The highest BCUT2D eigenvalue weighted by Crippen LogP contribution is 2.31. The zero-order valence-corrected chi connectivity index (χ0v) is 19.1. The van der Waals surface area contributed by atoms with Gasteiger partial charge in [-0.05, 0) is 42.3 Å². The summed E-state index contributed by atoms with van der Waals surface area (Å²) in [5.74, 6) is 0. The van der Waals surface area contributed by atoms with Gasteiger partial charge in [-0.2, -0.15) is 5.10 Å². The zero-order chi connectivity index (χ0) is 23.2. The monoisotopic (exact) mass is 452 g/mol. The van der Waals surface area contributed by atoms with Gasteiger partial charge in [0, 0.05) is 54.9 Å². The first kappa shape index (κ1) is 20.2. The summed E-state index contributed by atoms with van der Waals surface area (Å²) >= 11 is 0. The molecule has 0 saturated carbocycles. The summed E-state index contributed by atoms with van der Waals surface area (Å²) in [5.41, 5.74) is 8.06. The van der Waals surface area contributed by atoms with E-state index in [1.807, 2.05) is 38.8 Å². The van der Waals surface area contributed by atoms with Gasteiger partial charge in [0.1, 0.15) is 5.58 Å². The highest BCUT2D eigenvalue weighted by Gasteiger charge is 2.27. The molecule has 4 aromatic rings. The van der Waals surface area contributed by atoms with Crippen molar-refractivity contribution in [1.82, 2.24) is 35.4 Å². The number of benzene rings is 1. The van der Waals surface area contributed by atoms with Gasteiger partial charge < -0.3 is 15.1 Å². The van der Waals surface area contributed by atoms with E-state index in [9.17, 15) is 0 Å². The van der Waals surface area contributed by atoms with Crippen LogP contribution in [0, 0.1) is 6.92 Å². The second kappa shape index (κ2) is 7.87. The normalized spacial score (nSPS) is 18.1. The van der Waals surface area contributed by atoms with Crippen molar-refractivity contribution in [3.8, 4) is 0 Å². The maximum Gasteiger partial charge on any atom is 0.134 e. The Morgan fingerprint density at radius 3 is 2.91 bits per heavy atom. The number of hydrogen-bond donors (Lipinski definition) is 2. The molecule has 1 aromatic carbocycles. The van der Waals surface area contributed by atoms with E-state index in [0.29, 0.717) is 0 Å². The van der Waals surface area contributed by atoms with Crippen LogP contribution in [0.1, 0.15) is 28.4 Å². The van der Waals surface area contributed by atoms with E-state index >= 15 is 0 Å². The van der Waals surface area contributed by atoms with E-state index in [-0.39, 0.29) is 12.1 Å². The SMILES string of the molecule is Cc1coc2ccc(C3=CC(NC(c4cnn(C)c4)c4cnnn4C)=CC4NC=CN=C34)cc12. The standard InChI is InChI=1S/C25H24N8O/c1-15-14-34-23-5-4-16(8-19(15)23)20-9-18(10-21-25(20)27-7-6-26-21)30-24(17-11-29-32(2)13-17)22-12-28-31-33(22)3/h4-14,21,24,26,30H,1-3H3. The van der Waals surface area contributed by atoms with Gasteiger partial charge in [-0.25, -0.2) is 4.68 Å². The topological polar surface area (TPSA) is 98.1 Å². The number of furan rings is 1. The number of fused-ring (bicyclic) bond motifs is 2. The summed E-state index contributed by atoms with van der Waals surface area (Å²) in [6, 6.07) is 6.05. The van der Waals surface area contributed by atoms with Crippen molar-refractivity contribution >= 4 is 22.3 Å². The molecule has 4 heterocycles. The lowest BCUT2D eigenvalue weighted by Crippen LogP contribution is -2.38. The molecule has 9 nitrogen and oxygen atoms in total. The van der Waals surface area contributed by atoms with Crippen LogP contribution in [0.4, 0.5) is 0 Å². The number of rotatable bonds is 5. The summed E-state index contributed by atoms with van der Waals surface area (Å²) in [6.07, 6.45) is 15.4. The Morgan fingerprint density at radius 2 is 2.12 bits per heavy atom. The van der Waals surface area contributed by atoms with Gasteiger partial charge in [0.05, 0.1) is 42.1 Å². The molecular weight excluding hydrogens is 428 g/mol. The van der Waals surface area contributed by atoms with E-state index < -0.39 is 0 Å². The van der Waals surface area contributed by atoms with Crippen LogP contribution in [0.5, 0.6) is 0 Å². The first-order valence-electron chi connectivity index (χ1n) is 11.1. The van der Waals surface area contributed by atoms with Crippen molar-refractivity contribution in [1.29, 1.82) is 0 Å². The molecule has 3 aromatic heterocycles. The predicted molar refractivity (Wildman–Crippen MR) is 130 cm³/mol. The molecule has 0 amide bonds. The molecular formula is C25H24N8O. The summed E-state index contributed by atoms with van der Waals surface area (Å²) in [5, 5.41) is 20.8. The Bertz CT molecular complexity index is 1510. The number of hydrogen-bond acceptors (Lipinski definition) is 7. The molecule has 2 aliphatic rings. The van der Waals surface area contributed by atoms with Crippen molar-refractivity contribution < 1.29 is 4.42 Å². The van der Waals surface area contributed by atoms with Crippen LogP contribution >= 0.6 is 0 Å². The summed E-state index contributed by atoms with van der Waals surface area (Å²) in [6.45, 7) is 2.06. The number of nitrogens with zero attached hydrogens (tertiary/aromatic N) is 6. The lowest BCUT2D eigenvalue weighted by atomic mass is 9.89. The molecule has 1 aliphatic heterocycles. The molecule has 0 radical (unpaired) electrons. The second-order valence-corrected chi connectivity index (χ2v) is 8.59. The summed E-state index contributed by atoms with van der Waals surface area (Å²) in [7, 11) is 3.81. The van der Waals surface area contributed by atoms with Crippen LogP contribution in [-0.2, 0) is 14.1 Å². The van der Waals surface area contributed by atoms with E-state index in [4.69, 9.17) is 9.41 Å². The third kappa shape index (κ3) is 3.42. The number of aliphatic imine (C=N–C) groups is 1. The van der Waals surface area contributed by atoms with Crippen molar-refractivity contribution in [2.24, 2.45) is 19.1 Å². The van der Waals surface area contributed by atoms with Crippen LogP contribution < -0.4 is 10.6 Å². The quantitative estimate of drug-likeness (QED) is 0.483. The molecule has 6 rings (SSSR count). The highest BCUT2D eigenvalue weighted by atomic mass is 16.3. The van der Waals surface area contributed by atoms with Gasteiger partial charge in [0.2, 0.25) is 0 Å². The van der Waals surface area contributed by atoms with Crippen LogP contribution in [0.25, 0.3) is 16.5 Å². The van der Waals surface area contributed by atoms with Crippen molar-refractivity contribution in [2.45, 2.75) is 19.0 Å². The van der Waals surface area contributed by atoms with Crippen LogP contribution in [0.2, 0.25) is 0 Å². The lowest BCUT2D eigenvalue weighted by Gasteiger charge is -2.29. The predicted octanol–water partition coefficient (Wildman–Crippen LogP) is 3.15. The maximum absolute atomic E-state index is 5.66. The molecule has 2 atom stereocenters. The van der Waals surface area contributed by atoms with Crippen LogP contribution in [0.15, 0.2) is 82.7 Å². The summed E-state index contributed by atoms with van der Waals surface area (Å²) < 4.78 is 9.23. The van der Waals surface area contributed by atoms with Gasteiger partial charge in [-0.1, -0.05) is 11.3 Å². The fraction of sp³-hybridized carbons (Fsp3) is 0.200. The molecule has 0 bridgehead atoms. The molecule has 1 aliphatic carbocycles. The van der Waals surface area contributed by atoms with Crippen molar-refractivity contribution in [2.75, 3.05) is 0 Å². The minimum Gasteiger partial charge on any atom is -0.464 e. The van der Waals surface area contributed by atoms with Gasteiger partial charge in [0.15, 0.2) is 0 Å². The minimum absolute atomic E-state index is 0.0483. The largest absolute Gasteiger partial charge is 0.464 e. The zero-order valence-electron chi connectivity index (χ0n) is 19.1. The molecule has 0 spiro atoms.